The predicted molar refractivity (Wildman–Crippen MR) is 92.2 cm³/mol. The topological polar surface area (TPSA) is 67.2 Å². The van der Waals surface area contributed by atoms with Gasteiger partial charge in [-0.2, -0.15) is 0 Å². The molecule has 0 radical (unpaired) electrons. The number of imidazole rings is 1. The van der Waals surface area contributed by atoms with Crippen LogP contribution in [0.15, 0.2) is 60.4 Å². The molecular weight excluding hydrogens is 302 g/mol. The zero-order valence-electron chi connectivity index (χ0n) is 13.1. The first kappa shape index (κ1) is 14.5. The van der Waals surface area contributed by atoms with Crippen molar-refractivity contribution in [2.45, 2.75) is 19.5 Å². The Balaban J connectivity index is 1.66. The molecule has 0 spiro atoms. The van der Waals surface area contributed by atoms with Crippen LogP contribution in [-0.4, -0.2) is 20.6 Å². The van der Waals surface area contributed by atoms with Gasteiger partial charge in [0.25, 0.3) is 5.91 Å². The molecule has 2 heterocycles. The van der Waals surface area contributed by atoms with Gasteiger partial charge in [0.15, 0.2) is 0 Å². The average Bonchev–Trinajstić information content (AvgIpc) is 2.99. The lowest BCUT2D eigenvalue weighted by Gasteiger charge is -2.18. The second kappa shape index (κ2) is 5.85. The third-order valence-corrected chi connectivity index (χ3v) is 4.26. The normalized spacial score (nSPS) is 13.8. The molecule has 120 valence electrons. The summed E-state index contributed by atoms with van der Waals surface area (Å²) in [5.74, 6) is 0.335. The van der Waals surface area contributed by atoms with Crippen LogP contribution < -0.4 is 5.32 Å². The summed E-state index contributed by atoms with van der Waals surface area (Å²) < 4.78 is 1.99. The summed E-state index contributed by atoms with van der Waals surface area (Å²) in [6.45, 7) is 1.04. The van der Waals surface area contributed by atoms with Crippen molar-refractivity contribution in [1.29, 1.82) is 0 Å². The van der Waals surface area contributed by atoms with E-state index >= 15 is 0 Å². The van der Waals surface area contributed by atoms with Crippen molar-refractivity contribution in [3.63, 3.8) is 0 Å². The summed E-state index contributed by atoms with van der Waals surface area (Å²) in [7, 11) is 0. The minimum Gasteiger partial charge on any atom is -0.511 e. The third kappa shape index (κ3) is 2.44. The summed E-state index contributed by atoms with van der Waals surface area (Å²) in [5.41, 5.74) is 3.09. The first-order chi connectivity index (χ1) is 11.7. The van der Waals surface area contributed by atoms with Crippen molar-refractivity contribution < 1.29 is 9.90 Å². The van der Waals surface area contributed by atoms with Crippen LogP contribution in [0, 0.1) is 0 Å². The Morgan fingerprint density at radius 1 is 1.12 bits per heavy atom. The standard InChI is InChI=1S/C19H17N3O2/c23-16-10-11-22-15-9-5-4-8-14(15)21-18(22)17(16)19(24)20-12-13-6-2-1-3-7-13/h1-9,23H,10-12H2,(H,20,24). The molecule has 5 nitrogen and oxygen atoms in total. The molecule has 3 aromatic rings. The maximum atomic E-state index is 12.6. The van der Waals surface area contributed by atoms with Gasteiger partial charge in [0, 0.05) is 19.5 Å². The van der Waals surface area contributed by atoms with E-state index in [0.29, 0.717) is 25.3 Å². The largest absolute Gasteiger partial charge is 0.511 e. The molecule has 4 rings (SSSR count). The molecule has 1 aliphatic rings. The number of allylic oxidation sites excluding steroid dienone is 1. The van der Waals surface area contributed by atoms with Crippen LogP contribution in [0.3, 0.4) is 0 Å². The number of aliphatic hydroxyl groups is 1. The summed E-state index contributed by atoms with van der Waals surface area (Å²) in [5, 5.41) is 13.1. The van der Waals surface area contributed by atoms with Crippen LogP contribution >= 0.6 is 0 Å². The van der Waals surface area contributed by atoms with Gasteiger partial charge in [-0.3, -0.25) is 4.79 Å². The van der Waals surface area contributed by atoms with Crippen LogP contribution in [-0.2, 0) is 17.9 Å². The number of nitrogens with one attached hydrogen (secondary N) is 1. The fourth-order valence-corrected chi connectivity index (χ4v) is 3.06. The second-order valence-electron chi connectivity index (χ2n) is 5.82. The van der Waals surface area contributed by atoms with Crippen molar-refractivity contribution in [2.75, 3.05) is 0 Å². The Bertz CT molecular complexity index is 942. The molecule has 1 amide bonds. The Morgan fingerprint density at radius 2 is 1.88 bits per heavy atom. The van der Waals surface area contributed by atoms with Crippen LogP contribution in [0.25, 0.3) is 16.6 Å². The Morgan fingerprint density at radius 3 is 2.71 bits per heavy atom. The molecule has 2 N–H and O–H groups in total. The molecule has 0 aliphatic carbocycles. The highest BCUT2D eigenvalue weighted by atomic mass is 16.3. The minimum absolute atomic E-state index is 0.100. The zero-order valence-corrected chi connectivity index (χ0v) is 13.1. The summed E-state index contributed by atoms with van der Waals surface area (Å²) in [4.78, 5) is 17.2. The Labute approximate surface area is 139 Å². The van der Waals surface area contributed by atoms with Gasteiger partial charge >= 0.3 is 0 Å². The van der Waals surface area contributed by atoms with Crippen LogP contribution in [0.1, 0.15) is 17.8 Å². The van der Waals surface area contributed by atoms with Gasteiger partial charge in [-0.15, -0.1) is 0 Å². The molecule has 0 bridgehead atoms. The van der Waals surface area contributed by atoms with E-state index in [1.165, 1.54) is 0 Å². The highest BCUT2D eigenvalue weighted by molar-refractivity contribution is 6.19. The Kier molecular flexibility index (Phi) is 3.54. The van der Waals surface area contributed by atoms with Crippen molar-refractivity contribution in [2.24, 2.45) is 0 Å². The molecule has 2 aromatic carbocycles. The van der Waals surface area contributed by atoms with Gasteiger partial charge in [0.05, 0.1) is 11.0 Å². The number of amides is 1. The van der Waals surface area contributed by atoms with Gasteiger partial charge in [-0.25, -0.2) is 4.98 Å². The minimum atomic E-state index is -0.299. The Hall–Kier alpha value is -3.08. The van der Waals surface area contributed by atoms with E-state index in [9.17, 15) is 9.90 Å². The number of aliphatic hydroxyl groups excluding tert-OH is 1. The molecule has 1 aliphatic heterocycles. The van der Waals surface area contributed by atoms with Gasteiger partial charge < -0.3 is 15.0 Å². The van der Waals surface area contributed by atoms with E-state index in [2.05, 4.69) is 10.3 Å². The lowest BCUT2D eigenvalue weighted by atomic mass is 10.1. The maximum Gasteiger partial charge on any atom is 0.258 e. The van der Waals surface area contributed by atoms with E-state index in [-0.39, 0.29) is 17.2 Å². The van der Waals surface area contributed by atoms with Crippen molar-refractivity contribution >= 4 is 22.5 Å². The van der Waals surface area contributed by atoms with Crippen LogP contribution in [0.5, 0.6) is 0 Å². The summed E-state index contributed by atoms with van der Waals surface area (Å²) in [6.07, 6.45) is 0.432. The number of aryl methyl sites for hydroxylation is 1. The van der Waals surface area contributed by atoms with E-state index in [4.69, 9.17) is 0 Å². The van der Waals surface area contributed by atoms with E-state index in [1.807, 2.05) is 59.2 Å². The lowest BCUT2D eigenvalue weighted by Crippen LogP contribution is -2.28. The number of carbonyl (C=O) groups excluding carboxylic acids is 1. The highest BCUT2D eigenvalue weighted by Gasteiger charge is 2.27. The highest BCUT2D eigenvalue weighted by Crippen LogP contribution is 2.29. The number of aromatic nitrogens is 2. The molecule has 0 saturated carbocycles. The number of nitrogens with zero attached hydrogens (tertiary/aromatic N) is 2. The quantitative estimate of drug-likeness (QED) is 0.780. The lowest BCUT2D eigenvalue weighted by molar-refractivity contribution is -0.115. The molecule has 0 unspecified atom stereocenters. The fraction of sp³-hybridized carbons (Fsp3) is 0.158. The van der Waals surface area contributed by atoms with Gasteiger partial charge in [-0.05, 0) is 17.7 Å². The van der Waals surface area contributed by atoms with Gasteiger partial charge in [0.1, 0.15) is 17.2 Å². The number of para-hydroxylation sites is 2. The monoisotopic (exact) mass is 319 g/mol. The number of hydrogen-bond donors (Lipinski definition) is 2. The molecule has 5 heteroatoms. The molecule has 0 saturated heterocycles. The number of hydrogen-bond acceptors (Lipinski definition) is 3. The van der Waals surface area contributed by atoms with Crippen molar-refractivity contribution in [1.82, 2.24) is 14.9 Å². The number of fused-ring (bicyclic) bond motifs is 3. The smallest absolute Gasteiger partial charge is 0.258 e. The zero-order chi connectivity index (χ0) is 16.5. The molecule has 24 heavy (non-hydrogen) atoms. The summed E-state index contributed by atoms with van der Waals surface area (Å²) in [6, 6.07) is 17.4. The number of rotatable bonds is 3. The summed E-state index contributed by atoms with van der Waals surface area (Å²) >= 11 is 0. The SMILES string of the molecule is O=C(NCc1ccccc1)C1=C(O)CCn2c1nc1ccccc12. The van der Waals surface area contributed by atoms with E-state index < -0.39 is 0 Å². The maximum absolute atomic E-state index is 12.6. The molecule has 0 atom stereocenters. The molecule has 1 aromatic heterocycles. The fourth-order valence-electron chi connectivity index (χ4n) is 3.06. The van der Waals surface area contributed by atoms with Gasteiger partial charge in [-0.1, -0.05) is 42.5 Å². The van der Waals surface area contributed by atoms with Crippen LogP contribution in [0.4, 0.5) is 0 Å². The first-order valence-electron chi connectivity index (χ1n) is 7.94. The number of benzene rings is 2. The molecule has 0 fully saturated rings. The molecular formula is C19H17N3O2. The van der Waals surface area contributed by atoms with Crippen LogP contribution in [0.2, 0.25) is 0 Å². The predicted octanol–water partition coefficient (Wildman–Crippen LogP) is 3.03. The van der Waals surface area contributed by atoms with E-state index in [0.717, 1.165) is 16.6 Å². The first-order valence-corrected chi connectivity index (χ1v) is 7.94. The second-order valence-corrected chi connectivity index (χ2v) is 5.82. The van der Waals surface area contributed by atoms with Crippen molar-refractivity contribution in [3.05, 3.63) is 71.7 Å². The van der Waals surface area contributed by atoms with Crippen molar-refractivity contribution in [3.8, 4) is 0 Å². The van der Waals surface area contributed by atoms with Gasteiger partial charge in [0.2, 0.25) is 0 Å². The average molecular weight is 319 g/mol. The third-order valence-electron chi connectivity index (χ3n) is 4.26. The number of carbonyl (C=O) groups is 1. The van der Waals surface area contributed by atoms with E-state index in [1.54, 1.807) is 0 Å².